The molecule has 0 aliphatic carbocycles. The summed E-state index contributed by atoms with van der Waals surface area (Å²) in [6, 6.07) is 5.77. The average Bonchev–Trinajstić information content (AvgIpc) is 2.46. The fourth-order valence-electron chi connectivity index (χ4n) is 1.70. The van der Waals surface area contributed by atoms with Gasteiger partial charge in [-0.25, -0.2) is 4.98 Å². The number of hydrogen-bond donors (Lipinski definition) is 2. The van der Waals surface area contributed by atoms with Crippen LogP contribution in [0.15, 0.2) is 24.4 Å². The third-order valence-electron chi connectivity index (χ3n) is 2.78. The Kier molecular flexibility index (Phi) is 8.63. The summed E-state index contributed by atoms with van der Waals surface area (Å²) in [5, 5.41) is 0. The SMILES string of the molecule is CC.[CH2-]Oc1ccc(C)c(Cc2cnc(N)nc2N)c1.[W]. The molecule has 1 heterocycles. The van der Waals surface area contributed by atoms with Gasteiger partial charge >= 0.3 is 0 Å². The number of ether oxygens (including phenoxy) is 1. The molecule has 21 heavy (non-hydrogen) atoms. The Morgan fingerprint density at radius 1 is 1.19 bits per heavy atom. The average molecular weight is 457 g/mol. The molecule has 0 radical (unpaired) electrons. The van der Waals surface area contributed by atoms with Crippen molar-refractivity contribution < 1.29 is 25.8 Å². The third-order valence-corrected chi connectivity index (χ3v) is 2.78. The maximum atomic E-state index is 5.82. The minimum absolute atomic E-state index is 0. The van der Waals surface area contributed by atoms with E-state index >= 15 is 0 Å². The maximum absolute atomic E-state index is 5.82. The summed E-state index contributed by atoms with van der Waals surface area (Å²) in [6.07, 6.45) is 2.28. The molecule has 1 aromatic carbocycles. The summed E-state index contributed by atoms with van der Waals surface area (Å²) >= 11 is 0. The molecule has 2 aromatic rings. The van der Waals surface area contributed by atoms with Gasteiger partial charge in [0.25, 0.3) is 0 Å². The van der Waals surface area contributed by atoms with E-state index in [1.54, 1.807) is 6.20 Å². The van der Waals surface area contributed by atoms with Gasteiger partial charge in [-0.2, -0.15) is 12.1 Å². The van der Waals surface area contributed by atoms with Gasteiger partial charge in [0, 0.05) is 39.2 Å². The van der Waals surface area contributed by atoms with Crippen LogP contribution >= 0.6 is 0 Å². The molecule has 0 amide bonds. The predicted octanol–water partition coefficient (Wildman–Crippen LogP) is 2.73. The van der Waals surface area contributed by atoms with Gasteiger partial charge in [0.1, 0.15) is 5.82 Å². The number of rotatable bonds is 3. The van der Waals surface area contributed by atoms with Gasteiger partial charge in [0.05, 0.1) is 5.75 Å². The van der Waals surface area contributed by atoms with E-state index in [1.165, 1.54) is 0 Å². The molecule has 0 aliphatic rings. The summed E-state index contributed by atoms with van der Waals surface area (Å²) in [4.78, 5) is 7.89. The van der Waals surface area contributed by atoms with Gasteiger partial charge in [-0.1, -0.05) is 19.9 Å². The van der Waals surface area contributed by atoms with Crippen LogP contribution in [0.3, 0.4) is 0 Å². The van der Waals surface area contributed by atoms with Crippen LogP contribution in [0.4, 0.5) is 11.8 Å². The Labute approximate surface area is 140 Å². The van der Waals surface area contributed by atoms with Gasteiger partial charge < -0.3 is 16.2 Å². The van der Waals surface area contributed by atoms with E-state index in [9.17, 15) is 0 Å². The van der Waals surface area contributed by atoms with E-state index in [0.29, 0.717) is 18.0 Å². The van der Waals surface area contributed by atoms with E-state index in [0.717, 1.165) is 16.7 Å². The molecule has 0 atom stereocenters. The van der Waals surface area contributed by atoms with Crippen molar-refractivity contribution in [2.75, 3.05) is 11.5 Å². The van der Waals surface area contributed by atoms with Crippen LogP contribution in [-0.4, -0.2) is 9.97 Å². The monoisotopic (exact) mass is 457 g/mol. The summed E-state index contributed by atoms with van der Waals surface area (Å²) in [5.41, 5.74) is 14.4. The zero-order valence-corrected chi connectivity index (χ0v) is 15.5. The molecule has 114 valence electrons. The summed E-state index contributed by atoms with van der Waals surface area (Å²) in [5.74, 6) is 1.30. The van der Waals surface area contributed by atoms with Crippen LogP contribution in [-0.2, 0) is 27.5 Å². The van der Waals surface area contributed by atoms with E-state index in [2.05, 4.69) is 17.1 Å². The van der Waals surface area contributed by atoms with Crippen LogP contribution in [0.1, 0.15) is 30.5 Å². The Hall–Kier alpha value is -1.61. The largest absolute Gasteiger partial charge is 0.665 e. The van der Waals surface area contributed by atoms with Gasteiger partial charge in [0.2, 0.25) is 5.95 Å². The van der Waals surface area contributed by atoms with E-state index < -0.39 is 0 Å². The van der Waals surface area contributed by atoms with Crippen molar-refractivity contribution in [1.82, 2.24) is 9.97 Å². The zero-order valence-electron chi connectivity index (χ0n) is 12.6. The van der Waals surface area contributed by atoms with Gasteiger partial charge in [0.15, 0.2) is 0 Å². The molecule has 6 heteroatoms. The Balaban J connectivity index is 0.00000128. The number of aryl methyl sites for hydroxylation is 1. The number of aromatic nitrogens is 2. The van der Waals surface area contributed by atoms with Crippen molar-refractivity contribution in [3.8, 4) is 5.75 Å². The van der Waals surface area contributed by atoms with E-state index in [-0.39, 0.29) is 27.0 Å². The smallest absolute Gasteiger partial charge is 0.221 e. The third kappa shape index (κ3) is 5.35. The standard InChI is InChI=1S/C13H15N4O.C2H6.W/c1-8-3-4-11(18-2)6-9(8)5-10-7-16-13(15)17-12(10)14;1-2;/h3-4,6-7H,2,5H2,1H3,(H4,14,15,16,17);1-2H3;/q-1;;. The normalized spacial score (nSPS) is 9.14. The summed E-state index contributed by atoms with van der Waals surface area (Å²) < 4.78 is 4.96. The molecule has 0 spiro atoms. The number of benzene rings is 1. The number of anilines is 2. The number of nitrogens with zero attached hydrogens (tertiary/aromatic N) is 2. The molecule has 2 rings (SSSR count). The van der Waals surface area contributed by atoms with E-state index in [1.807, 2.05) is 39.0 Å². The van der Waals surface area contributed by atoms with Crippen LogP contribution in [0.5, 0.6) is 5.75 Å². The first kappa shape index (κ1) is 19.4. The number of hydrogen-bond acceptors (Lipinski definition) is 5. The Morgan fingerprint density at radius 3 is 2.43 bits per heavy atom. The number of nitrogens with two attached hydrogens (primary N) is 2. The number of nitrogen functional groups attached to an aromatic ring is 2. The minimum Gasteiger partial charge on any atom is -0.665 e. The predicted molar refractivity (Wildman–Crippen MR) is 82.2 cm³/mol. The van der Waals surface area contributed by atoms with Gasteiger partial charge in [-0.15, -0.1) is 0 Å². The van der Waals surface area contributed by atoms with Crippen molar-refractivity contribution in [2.45, 2.75) is 27.2 Å². The second-order valence-electron chi connectivity index (χ2n) is 4.05. The Bertz CT molecular complexity index is 576. The van der Waals surface area contributed by atoms with Crippen LogP contribution in [0.25, 0.3) is 0 Å². The molecule has 0 aliphatic heterocycles. The summed E-state index contributed by atoms with van der Waals surface area (Å²) in [6.45, 7) is 6.02. The quantitative estimate of drug-likeness (QED) is 0.693. The first-order chi connectivity index (χ1) is 9.60. The van der Waals surface area contributed by atoms with Gasteiger partial charge in [-0.3, -0.25) is 0 Å². The van der Waals surface area contributed by atoms with E-state index in [4.69, 9.17) is 16.2 Å². The Morgan fingerprint density at radius 2 is 1.86 bits per heavy atom. The van der Waals surface area contributed by atoms with Crippen LogP contribution in [0.2, 0.25) is 0 Å². The molecule has 4 N–H and O–H groups in total. The topological polar surface area (TPSA) is 87.0 Å². The van der Waals surface area contributed by atoms with Crippen LogP contribution in [0, 0.1) is 14.0 Å². The maximum Gasteiger partial charge on any atom is 0.221 e. The van der Waals surface area contributed by atoms with Crippen molar-refractivity contribution in [3.63, 3.8) is 0 Å². The fourth-order valence-corrected chi connectivity index (χ4v) is 1.70. The molecular weight excluding hydrogens is 436 g/mol. The molecule has 0 fully saturated rings. The summed E-state index contributed by atoms with van der Waals surface area (Å²) in [7, 11) is 3.40. The second-order valence-corrected chi connectivity index (χ2v) is 4.05. The first-order valence-electron chi connectivity index (χ1n) is 6.48. The van der Waals surface area contributed by atoms with Gasteiger partial charge in [-0.05, 0) is 30.2 Å². The van der Waals surface area contributed by atoms with Crippen molar-refractivity contribution in [2.24, 2.45) is 0 Å². The molecule has 0 saturated carbocycles. The molecule has 0 bridgehead atoms. The first-order valence-corrected chi connectivity index (χ1v) is 6.48. The molecule has 1 aromatic heterocycles. The molecule has 0 unspecified atom stereocenters. The molecule has 5 nitrogen and oxygen atoms in total. The van der Waals surface area contributed by atoms with Crippen molar-refractivity contribution in [3.05, 3.63) is 48.2 Å². The molecule has 0 saturated heterocycles. The van der Waals surface area contributed by atoms with Crippen LogP contribution < -0.4 is 16.2 Å². The zero-order chi connectivity index (χ0) is 15.1. The minimum atomic E-state index is 0. The van der Waals surface area contributed by atoms with Crippen molar-refractivity contribution in [1.29, 1.82) is 0 Å². The fraction of sp³-hybridized carbons (Fsp3) is 0.267. The second kappa shape index (κ2) is 9.35. The molecular formula is C15H21N4OW-. The van der Waals surface area contributed by atoms with Crippen molar-refractivity contribution >= 4 is 11.8 Å².